The molecule has 0 atom stereocenters. The van der Waals surface area contributed by atoms with Crippen LogP contribution in [0.3, 0.4) is 0 Å². The van der Waals surface area contributed by atoms with Crippen LogP contribution in [0, 0.1) is 5.92 Å². The fraction of sp³-hybridized carbons (Fsp3) is 0.333. The number of nitrogens with zero attached hydrogens (tertiary/aromatic N) is 6. The van der Waals surface area contributed by atoms with Gasteiger partial charge in [0.15, 0.2) is 11.5 Å². The van der Waals surface area contributed by atoms with Crippen LogP contribution in [0.2, 0.25) is 0 Å². The molecule has 32 heavy (non-hydrogen) atoms. The molecule has 14 heteroatoms. The van der Waals surface area contributed by atoms with E-state index in [1.165, 1.54) is 6.07 Å². The van der Waals surface area contributed by atoms with Crippen molar-refractivity contribution in [3.8, 4) is 11.5 Å². The fourth-order valence-corrected chi connectivity index (χ4v) is 2.59. The van der Waals surface area contributed by atoms with Crippen molar-refractivity contribution in [3.63, 3.8) is 0 Å². The molecule has 0 unspecified atom stereocenters. The molecule has 0 spiro atoms. The van der Waals surface area contributed by atoms with Gasteiger partial charge in [0, 0.05) is 18.4 Å². The van der Waals surface area contributed by atoms with Crippen LogP contribution in [-0.4, -0.2) is 36.4 Å². The highest BCUT2D eigenvalue weighted by Crippen LogP contribution is 2.31. The zero-order valence-electron chi connectivity index (χ0n) is 16.0. The average Bonchev–Trinajstić information content (AvgIpc) is 3.56. The lowest BCUT2D eigenvalue weighted by molar-refractivity contribution is -0.142. The molecule has 168 valence electrons. The van der Waals surface area contributed by atoms with E-state index < -0.39 is 23.7 Å². The van der Waals surface area contributed by atoms with Gasteiger partial charge in [0.1, 0.15) is 11.4 Å². The third-order valence-corrected chi connectivity index (χ3v) is 4.34. The van der Waals surface area contributed by atoms with Gasteiger partial charge in [-0.25, -0.2) is 4.98 Å². The van der Waals surface area contributed by atoms with Gasteiger partial charge in [-0.15, -0.1) is 0 Å². The Hall–Kier alpha value is -3.58. The number of hydrogen-bond acceptors (Lipinski definition) is 8. The van der Waals surface area contributed by atoms with Gasteiger partial charge < -0.3 is 10.6 Å². The Morgan fingerprint density at radius 1 is 0.875 bits per heavy atom. The summed E-state index contributed by atoms with van der Waals surface area (Å²) in [4.78, 5) is 22.5. The summed E-state index contributed by atoms with van der Waals surface area (Å²) in [6.07, 6.45) is -4.78. The van der Waals surface area contributed by atoms with Gasteiger partial charge in [-0.05, 0) is 30.9 Å². The second-order valence-electron chi connectivity index (χ2n) is 6.97. The molecule has 0 aliphatic heterocycles. The minimum atomic E-state index is -4.73. The number of aromatic nitrogens is 6. The summed E-state index contributed by atoms with van der Waals surface area (Å²) in [5.74, 6) is 0.0413. The molecule has 1 aliphatic carbocycles. The molecule has 3 aromatic heterocycles. The van der Waals surface area contributed by atoms with Gasteiger partial charge in [-0.3, -0.25) is 9.97 Å². The highest BCUT2D eigenvalue weighted by atomic mass is 19.4. The van der Waals surface area contributed by atoms with E-state index in [4.69, 9.17) is 0 Å². The summed E-state index contributed by atoms with van der Waals surface area (Å²) in [5, 5.41) is 5.56. The Balaban J connectivity index is 1.68. The van der Waals surface area contributed by atoms with Gasteiger partial charge in [0.05, 0.1) is 12.4 Å². The maximum atomic E-state index is 13.0. The van der Waals surface area contributed by atoms with Crippen molar-refractivity contribution in [1.82, 2.24) is 29.9 Å². The maximum absolute atomic E-state index is 13.0. The zero-order chi connectivity index (χ0) is 22.9. The number of halogens is 6. The quantitative estimate of drug-likeness (QED) is 0.529. The first-order valence-electron chi connectivity index (χ1n) is 9.28. The van der Waals surface area contributed by atoms with E-state index in [2.05, 4.69) is 40.5 Å². The van der Waals surface area contributed by atoms with Crippen LogP contribution in [0.5, 0.6) is 0 Å². The van der Waals surface area contributed by atoms with E-state index in [0.29, 0.717) is 18.7 Å². The summed E-state index contributed by atoms with van der Waals surface area (Å²) in [7, 11) is 0. The first-order valence-corrected chi connectivity index (χ1v) is 9.28. The topological polar surface area (TPSA) is 101 Å². The smallest absolute Gasteiger partial charge is 0.354 e. The third-order valence-electron chi connectivity index (χ3n) is 4.34. The molecule has 1 aliphatic rings. The van der Waals surface area contributed by atoms with Crippen LogP contribution in [0.15, 0.2) is 30.7 Å². The normalized spacial score (nSPS) is 14.3. The highest BCUT2D eigenvalue weighted by molar-refractivity contribution is 5.58. The molecule has 2 N–H and O–H groups in total. The lowest BCUT2D eigenvalue weighted by Crippen LogP contribution is -2.13. The molecule has 0 aromatic carbocycles. The van der Waals surface area contributed by atoms with Crippen LogP contribution >= 0.6 is 0 Å². The number of anilines is 3. The van der Waals surface area contributed by atoms with Crippen LogP contribution in [0.4, 0.5) is 43.9 Å². The number of hydrogen-bond donors (Lipinski definition) is 2. The van der Waals surface area contributed by atoms with E-state index >= 15 is 0 Å². The SMILES string of the molecule is FC(F)(F)c1cc(Nc2nc(NCC3CC3)nc(-c3cncc(C(F)(F)F)n3)n2)ccn1. The molecule has 3 aromatic rings. The minimum absolute atomic E-state index is 0.0206. The number of nitrogens with one attached hydrogen (secondary N) is 2. The molecule has 4 rings (SSSR count). The van der Waals surface area contributed by atoms with Gasteiger partial charge in [0.25, 0.3) is 0 Å². The summed E-state index contributed by atoms with van der Waals surface area (Å²) >= 11 is 0. The van der Waals surface area contributed by atoms with Crippen molar-refractivity contribution in [2.45, 2.75) is 25.2 Å². The molecule has 1 saturated carbocycles. The molecule has 3 heterocycles. The lowest BCUT2D eigenvalue weighted by Gasteiger charge is -2.12. The standard InChI is InChI=1S/C18H14F6N8/c19-17(20,21)12-5-10(3-4-26-12)28-16-31-14(30-15(32-16)27-6-9-1-2-9)11-7-25-8-13(29-11)18(22,23)24/h3-5,7-9H,1-2,6H2,(H2,26,27,28,30,31,32). The van der Waals surface area contributed by atoms with E-state index in [1.807, 2.05) is 0 Å². The van der Waals surface area contributed by atoms with Crippen molar-refractivity contribution in [3.05, 3.63) is 42.1 Å². The Morgan fingerprint density at radius 2 is 1.59 bits per heavy atom. The van der Waals surface area contributed by atoms with Gasteiger partial charge in [0.2, 0.25) is 11.9 Å². The van der Waals surface area contributed by atoms with Crippen LogP contribution < -0.4 is 10.6 Å². The first kappa shape index (κ1) is 21.6. The maximum Gasteiger partial charge on any atom is 0.434 e. The fourth-order valence-electron chi connectivity index (χ4n) is 2.59. The number of pyridine rings is 1. The molecular formula is C18H14F6N8. The van der Waals surface area contributed by atoms with E-state index in [1.54, 1.807) is 0 Å². The number of rotatable bonds is 6. The lowest BCUT2D eigenvalue weighted by atomic mass is 10.3. The second kappa shape index (κ2) is 8.16. The van der Waals surface area contributed by atoms with Crippen molar-refractivity contribution in [2.24, 2.45) is 5.92 Å². The molecular weight excluding hydrogens is 442 g/mol. The summed E-state index contributed by atoms with van der Waals surface area (Å²) in [6.45, 7) is 0.532. The summed E-state index contributed by atoms with van der Waals surface area (Å²) in [6, 6.07) is 2.02. The predicted molar refractivity (Wildman–Crippen MR) is 99.6 cm³/mol. The van der Waals surface area contributed by atoms with Crippen molar-refractivity contribution >= 4 is 17.6 Å². The summed E-state index contributed by atoms with van der Waals surface area (Å²) in [5.41, 5.74) is -2.66. The van der Waals surface area contributed by atoms with E-state index in [9.17, 15) is 26.3 Å². The third kappa shape index (κ3) is 5.36. The predicted octanol–water partition coefficient (Wildman–Crippen LogP) is 4.33. The molecule has 0 bridgehead atoms. The van der Waals surface area contributed by atoms with Crippen LogP contribution in [0.1, 0.15) is 24.2 Å². The van der Waals surface area contributed by atoms with Gasteiger partial charge in [-0.1, -0.05) is 0 Å². The van der Waals surface area contributed by atoms with Crippen LogP contribution in [0.25, 0.3) is 11.5 Å². The van der Waals surface area contributed by atoms with Gasteiger partial charge in [-0.2, -0.15) is 41.3 Å². The Labute approximate surface area is 176 Å². The Morgan fingerprint density at radius 3 is 2.28 bits per heavy atom. The Kier molecular flexibility index (Phi) is 5.52. The molecule has 0 saturated heterocycles. The average molecular weight is 456 g/mol. The minimum Gasteiger partial charge on any atom is -0.354 e. The zero-order valence-corrected chi connectivity index (χ0v) is 16.0. The van der Waals surface area contributed by atoms with Gasteiger partial charge >= 0.3 is 12.4 Å². The molecule has 0 amide bonds. The largest absolute Gasteiger partial charge is 0.434 e. The molecule has 1 fully saturated rings. The van der Waals surface area contributed by atoms with E-state index in [-0.39, 0.29) is 29.1 Å². The van der Waals surface area contributed by atoms with Crippen LogP contribution in [-0.2, 0) is 12.4 Å². The number of alkyl halides is 6. The second-order valence-corrected chi connectivity index (χ2v) is 6.97. The molecule has 0 radical (unpaired) electrons. The Bertz CT molecular complexity index is 1110. The van der Waals surface area contributed by atoms with Crippen molar-refractivity contribution in [1.29, 1.82) is 0 Å². The first-order chi connectivity index (χ1) is 15.1. The van der Waals surface area contributed by atoms with Crippen molar-refractivity contribution in [2.75, 3.05) is 17.2 Å². The summed E-state index contributed by atoms with van der Waals surface area (Å²) < 4.78 is 77.8. The van der Waals surface area contributed by atoms with E-state index in [0.717, 1.165) is 31.3 Å². The highest BCUT2D eigenvalue weighted by Gasteiger charge is 2.34. The monoisotopic (exact) mass is 456 g/mol. The molecule has 8 nitrogen and oxygen atoms in total. The van der Waals surface area contributed by atoms with Crippen molar-refractivity contribution < 1.29 is 26.3 Å².